The summed E-state index contributed by atoms with van der Waals surface area (Å²) in [4.78, 5) is 16.0. The van der Waals surface area contributed by atoms with E-state index in [-0.39, 0.29) is 16.3 Å². The predicted octanol–water partition coefficient (Wildman–Crippen LogP) is 4.62. The lowest BCUT2D eigenvalue weighted by atomic mass is 10.0. The first-order valence-electron chi connectivity index (χ1n) is 10.7. The molecule has 4 rings (SSSR count). The highest BCUT2D eigenvalue weighted by Crippen LogP contribution is 2.40. The molecule has 178 valence electrons. The van der Waals surface area contributed by atoms with Crippen LogP contribution in [0.4, 0.5) is 24.5 Å². The quantitative estimate of drug-likeness (QED) is 0.599. The summed E-state index contributed by atoms with van der Waals surface area (Å²) < 4.78 is 46.3. The van der Waals surface area contributed by atoms with Gasteiger partial charge in [0.1, 0.15) is 17.9 Å². The van der Waals surface area contributed by atoms with Crippen molar-refractivity contribution in [1.82, 2.24) is 5.32 Å². The molecule has 34 heavy (non-hydrogen) atoms. The number of hydrogen-bond donors (Lipinski definition) is 1. The minimum Gasteiger partial charge on any atom is -0.492 e. The Bertz CT molecular complexity index is 1180. The summed E-state index contributed by atoms with van der Waals surface area (Å²) in [6.07, 6.45) is -2.63. The van der Waals surface area contributed by atoms with Crippen molar-refractivity contribution in [2.45, 2.75) is 43.9 Å². The van der Waals surface area contributed by atoms with Crippen LogP contribution in [0, 0.1) is 11.3 Å². The van der Waals surface area contributed by atoms with Crippen LogP contribution in [-0.4, -0.2) is 35.8 Å². The molecule has 1 aliphatic carbocycles. The Labute approximate surface area is 200 Å². The molecule has 1 N–H and O–H groups in total. The highest BCUT2D eigenvalue weighted by molar-refractivity contribution is 7.81. The van der Waals surface area contributed by atoms with Gasteiger partial charge in [-0.2, -0.15) is 18.4 Å². The fourth-order valence-electron chi connectivity index (χ4n) is 3.99. The van der Waals surface area contributed by atoms with E-state index in [1.165, 1.54) is 6.07 Å². The number of halogens is 3. The fourth-order valence-corrected chi connectivity index (χ4v) is 4.51. The molecule has 0 aromatic heterocycles. The number of amides is 1. The first-order valence-corrected chi connectivity index (χ1v) is 11.1. The number of alkyl halides is 3. The molecule has 1 saturated carbocycles. The average molecular weight is 489 g/mol. The fraction of sp³-hybridized carbons (Fsp3) is 0.375. The molecule has 6 nitrogen and oxygen atoms in total. The van der Waals surface area contributed by atoms with Gasteiger partial charge in [0.05, 0.1) is 28.4 Å². The second-order valence-electron chi connectivity index (χ2n) is 8.97. The maximum atomic E-state index is 13.5. The second-order valence-corrected chi connectivity index (χ2v) is 9.34. The van der Waals surface area contributed by atoms with Gasteiger partial charge in [-0.25, -0.2) is 0 Å². The molecule has 1 amide bonds. The summed E-state index contributed by atoms with van der Waals surface area (Å²) in [6, 6.07) is 11.7. The van der Waals surface area contributed by atoms with Gasteiger partial charge in [-0.05, 0) is 88.4 Å². The van der Waals surface area contributed by atoms with Gasteiger partial charge in [-0.1, -0.05) is 0 Å². The molecule has 2 fully saturated rings. The summed E-state index contributed by atoms with van der Waals surface area (Å²) in [5.74, 6) is 0.193. The third-order valence-electron chi connectivity index (χ3n) is 6.35. The number of nitrogens with zero attached hydrogens (tertiary/aromatic N) is 3. The van der Waals surface area contributed by atoms with Crippen molar-refractivity contribution in [1.29, 1.82) is 5.26 Å². The van der Waals surface area contributed by atoms with E-state index in [0.717, 1.165) is 29.9 Å². The molecule has 2 aromatic rings. The zero-order chi connectivity index (χ0) is 24.9. The van der Waals surface area contributed by atoms with Crippen LogP contribution in [0.3, 0.4) is 0 Å². The predicted molar refractivity (Wildman–Crippen MR) is 126 cm³/mol. The van der Waals surface area contributed by atoms with Crippen LogP contribution in [-0.2, 0) is 11.0 Å². The van der Waals surface area contributed by atoms with E-state index in [1.807, 2.05) is 7.05 Å². The number of benzene rings is 2. The number of likely N-dealkylation sites (N-methyl/N-ethyl adjacent to an activating group) is 1. The lowest BCUT2D eigenvalue weighted by Crippen LogP contribution is -2.44. The molecule has 0 radical (unpaired) electrons. The van der Waals surface area contributed by atoms with Gasteiger partial charge in [0.15, 0.2) is 5.11 Å². The van der Waals surface area contributed by atoms with E-state index in [9.17, 15) is 18.0 Å². The molecule has 10 heteroatoms. The van der Waals surface area contributed by atoms with Crippen LogP contribution in [0.2, 0.25) is 0 Å². The molecule has 0 atom stereocenters. The van der Waals surface area contributed by atoms with E-state index >= 15 is 0 Å². The summed E-state index contributed by atoms with van der Waals surface area (Å²) in [7, 11) is 1.91. The summed E-state index contributed by atoms with van der Waals surface area (Å²) in [6.45, 7) is 3.86. The molecule has 1 heterocycles. The Balaban J connectivity index is 1.62. The van der Waals surface area contributed by atoms with Crippen LogP contribution in [0.15, 0.2) is 42.5 Å². The van der Waals surface area contributed by atoms with Gasteiger partial charge >= 0.3 is 6.18 Å². The third kappa shape index (κ3) is 4.10. The molecule has 0 unspecified atom stereocenters. The van der Waals surface area contributed by atoms with Gasteiger partial charge in [0.25, 0.3) is 5.91 Å². The van der Waals surface area contributed by atoms with Crippen molar-refractivity contribution in [2.75, 3.05) is 23.5 Å². The van der Waals surface area contributed by atoms with Crippen LogP contribution >= 0.6 is 12.2 Å². The number of nitrogens with one attached hydrogen (secondary N) is 1. The zero-order valence-electron chi connectivity index (χ0n) is 18.9. The van der Waals surface area contributed by atoms with Gasteiger partial charge in [0, 0.05) is 5.69 Å². The van der Waals surface area contributed by atoms with Crippen LogP contribution in [0.5, 0.6) is 5.75 Å². The minimum absolute atomic E-state index is 0.0282. The Hall–Kier alpha value is -3.16. The molecule has 0 bridgehead atoms. The molecule has 0 spiro atoms. The van der Waals surface area contributed by atoms with Gasteiger partial charge < -0.3 is 15.0 Å². The number of rotatable bonds is 6. The van der Waals surface area contributed by atoms with E-state index in [2.05, 4.69) is 5.32 Å². The number of nitriles is 1. The summed E-state index contributed by atoms with van der Waals surface area (Å²) >= 11 is 5.55. The third-order valence-corrected chi connectivity index (χ3v) is 6.71. The minimum atomic E-state index is -4.75. The molecule has 2 aliphatic rings. The summed E-state index contributed by atoms with van der Waals surface area (Å²) in [5, 5.41) is 12.4. The maximum Gasteiger partial charge on any atom is 0.417 e. The van der Waals surface area contributed by atoms with Crippen LogP contribution < -0.4 is 19.9 Å². The first kappa shape index (κ1) is 24.0. The molecule has 1 saturated heterocycles. The molecule has 1 aliphatic heterocycles. The Morgan fingerprint density at radius 3 is 2.29 bits per heavy atom. The Kier molecular flexibility index (Phi) is 5.82. The monoisotopic (exact) mass is 488 g/mol. The average Bonchev–Trinajstić information content (AvgIpc) is 3.55. The lowest BCUT2D eigenvalue weighted by molar-refractivity contribution is -0.137. The van der Waals surface area contributed by atoms with E-state index < -0.39 is 28.7 Å². The number of carbonyl (C=O) groups is 1. The van der Waals surface area contributed by atoms with Crippen molar-refractivity contribution in [2.24, 2.45) is 0 Å². The Morgan fingerprint density at radius 1 is 1.15 bits per heavy atom. The number of carbonyl (C=O) groups excluding carboxylic acids is 1. The van der Waals surface area contributed by atoms with Crippen molar-refractivity contribution >= 4 is 34.6 Å². The molecular weight excluding hydrogens is 465 g/mol. The standard InChI is InChI=1S/C24H23F3N4O2S/c1-22(2)20(32)30(17-5-4-15(13-28)19(12-17)24(25,26)27)21(34)31(22)16-6-8-18(9-7-16)33-14-23(29-3)10-11-23/h4-9,12,29H,10-11,14H2,1-3H3. The number of ether oxygens (including phenoxy) is 1. The van der Waals surface area contributed by atoms with Crippen LogP contribution in [0.1, 0.15) is 37.8 Å². The van der Waals surface area contributed by atoms with Crippen molar-refractivity contribution in [3.63, 3.8) is 0 Å². The zero-order valence-corrected chi connectivity index (χ0v) is 19.7. The second kappa shape index (κ2) is 8.25. The Morgan fingerprint density at radius 2 is 1.76 bits per heavy atom. The van der Waals surface area contributed by atoms with Crippen molar-refractivity contribution in [3.05, 3.63) is 53.6 Å². The number of thiocarbonyl (C=S) groups is 1. The highest BCUT2D eigenvalue weighted by Gasteiger charge is 2.50. The van der Waals surface area contributed by atoms with Gasteiger partial charge in [-0.15, -0.1) is 0 Å². The topological polar surface area (TPSA) is 68.6 Å². The van der Waals surface area contributed by atoms with Gasteiger partial charge in [-0.3, -0.25) is 9.69 Å². The van der Waals surface area contributed by atoms with E-state index in [4.69, 9.17) is 22.2 Å². The summed E-state index contributed by atoms with van der Waals surface area (Å²) in [5.41, 5.74) is -2.19. The van der Waals surface area contributed by atoms with Gasteiger partial charge in [0.2, 0.25) is 0 Å². The number of anilines is 2. The normalized spacial score (nSPS) is 18.7. The molecular formula is C24H23F3N4O2S. The largest absolute Gasteiger partial charge is 0.492 e. The first-order chi connectivity index (χ1) is 15.9. The highest BCUT2D eigenvalue weighted by atomic mass is 32.1. The van der Waals surface area contributed by atoms with E-state index in [1.54, 1.807) is 49.1 Å². The number of hydrogen-bond acceptors (Lipinski definition) is 5. The van der Waals surface area contributed by atoms with Crippen molar-refractivity contribution in [3.8, 4) is 11.8 Å². The molecule has 2 aromatic carbocycles. The van der Waals surface area contributed by atoms with E-state index in [0.29, 0.717) is 18.0 Å². The smallest absolute Gasteiger partial charge is 0.417 e. The maximum absolute atomic E-state index is 13.5. The SMILES string of the molecule is CNC1(COc2ccc(N3C(=S)N(c4ccc(C#N)c(C(F)(F)F)c4)C(=O)C3(C)C)cc2)CC1. The van der Waals surface area contributed by atoms with Crippen LogP contribution in [0.25, 0.3) is 0 Å². The lowest BCUT2D eigenvalue weighted by Gasteiger charge is -2.29. The van der Waals surface area contributed by atoms with Crippen molar-refractivity contribution < 1.29 is 22.7 Å².